The standard InChI is InChI=1S/C24H18O6/c1-13-4-19-21(27-10-25-19)6-15(13)2-17-8-23-24(30-12-29-23)9-18(17)3-16-7-22-20(5-14(1)16)26-11-28-22/h1-2,4-5,7-9,16H,3,6,10-12H2/b14-1+,15-2-/t16-/m0/s1. The molecule has 3 aliphatic heterocycles. The second kappa shape index (κ2) is 5.98. The van der Waals surface area contributed by atoms with Gasteiger partial charge in [0, 0.05) is 12.3 Å². The first-order chi connectivity index (χ1) is 14.8. The zero-order valence-electron chi connectivity index (χ0n) is 16.1. The summed E-state index contributed by atoms with van der Waals surface area (Å²) in [5.41, 5.74) is 5.83. The van der Waals surface area contributed by atoms with Gasteiger partial charge < -0.3 is 28.4 Å². The molecule has 1 fully saturated rings. The van der Waals surface area contributed by atoms with E-state index in [1.54, 1.807) is 0 Å². The summed E-state index contributed by atoms with van der Waals surface area (Å²) in [5, 5.41) is 0. The first-order valence-electron chi connectivity index (χ1n) is 10.1. The van der Waals surface area contributed by atoms with E-state index in [-0.39, 0.29) is 26.3 Å². The van der Waals surface area contributed by atoms with E-state index in [9.17, 15) is 0 Å². The average molecular weight is 402 g/mol. The van der Waals surface area contributed by atoms with Crippen LogP contribution in [0.1, 0.15) is 17.5 Å². The number of hydrogen-bond donors (Lipinski definition) is 0. The lowest BCUT2D eigenvalue weighted by Crippen LogP contribution is -2.11. The van der Waals surface area contributed by atoms with Crippen LogP contribution in [0.25, 0.3) is 6.08 Å². The molecule has 6 aliphatic rings. The minimum absolute atomic E-state index is 0.161. The molecular weight excluding hydrogens is 384 g/mol. The first kappa shape index (κ1) is 16.3. The zero-order valence-corrected chi connectivity index (χ0v) is 16.1. The molecule has 1 aromatic rings. The molecule has 0 amide bonds. The highest BCUT2D eigenvalue weighted by Crippen LogP contribution is 2.43. The SMILES string of the molecule is C1=C2OCOC2=C[C@@H]2Cc3cc4c(cc3/C=C3/CC5=C(C=C3/C=C\12)OCO5)OCO4. The Morgan fingerprint density at radius 2 is 1.57 bits per heavy atom. The van der Waals surface area contributed by atoms with Gasteiger partial charge >= 0.3 is 0 Å². The van der Waals surface area contributed by atoms with E-state index in [1.807, 2.05) is 0 Å². The van der Waals surface area contributed by atoms with Gasteiger partial charge in [-0.05, 0) is 64.6 Å². The van der Waals surface area contributed by atoms with E-state index in [1.165, 1.54) is 16.7 Å². The number of benzene rings is 1. The molecule has 0 aromatic heterocycles. The maximum atomic E-state index is 5.68. The number of ether oxygens (including phenoxy) is 6. The van der Waals surface area contributed by atoms with Gasteiger partial charge in [0.05, 0.1) is 0 Å². The number of fused-ring (bicyclic) bond motifs is 5. The van der Waals surface area contributed by atoms with Gasteiger partial charge in [0.15, 0.2) is 28.8 Å². The van der Waals surface area contributed by atoms with Crippen molar-refractivity contribution in [1.82, 2.24) is 0 Å². The first-order valence-corrected chi connectivity index (χ1v) is 10.1. The second-order valence-corrected chi connectivity index (χ2v) is 7.95. The summed E-state index contributed by atoms with van der Waals surface area (Å²) >= 11 is 0. The Hall–Kier alpha value is -3.54. The third-order valence-electron chi connectivity index (χ3n) is 6.21. The van der Waals surface area contributed by atoms with Crippen LogP contribution in [-0.2, 0) is 25.4 Å². The molecule has 0 spiro atoms. The summed E-state index contributed by atoms with van der Waals surface area (Å²) < 4.78 is 34.0. The van der Waals surface area contributed by atoms with Gasteiger partial charge in [0.25, 0.3) is 0 Å². The van der Waals surface area contributed by atoms with Crippen molar-refractivity contribution in [3.05, 3.63) is 87.3 Å². The fourth-order valence-electron chi connectivity index (χ4n) is 4.67. The maximum absolute atomic E-state index is 5.68. The molecule has 150 valence electrons. The highest BCUT2D eigenvalue weighted by Gasteiger charge is 2.31. The van der Waals surface area contributed by atoms with Crippen LogP contribution in [0.4, 0.5) is 0 Å². The van der Waals surface area contributed by atoms with Crippen LogP contribution in [0.5, 0.6) is 11.5 Å². The molecular formula is C24H18O6. The van der Waals surface area contributed by atoms with Gasteiger partial charge in [0.2, 0.25) is 20.4 Å². The van der Waals surface area contributed by atoms with Gasteiger partial charge in [-0.3, -0.25) is 0 Å². The van der Waals surface area contributed by atoms with Crippen LogP contribution in [0, 0.1) is 5.92 Å². The molecule has 0 N–H and O–H groups in total. The summed E-state index contributed by atoms with van der Waals surface area (Å²) in [5.74, 6) is 5.07. The van der Waals surface area contributed by atoms with Crippen LogP contribution in [0.2, 0.25) is 0 Å². The number of hydrogen-bond acceptors (Lipinski definition) is 6. The predicted molar refractivity (Wildman–Crippen MR) is 106 cm³/mol. The minimum Gasteiger partial charge on any atom is -0.458 e. The second-order valence-electron chi connectivity index (χ2n) is 7.95. The van der Waals surface area contributed by atoms with Gasteiger partial charge in [-0.1, -0.05) is 12.2 Å². The van der Waals surface area contributed by atoms with Gasteiger partial charge in [-0.25, -0.2) is 0 Å². The van der Waals surface area contributed by atoms with E-state index in [0.29, 0.717) is 6.42 Å². The van der Waals surface area contributed by atoms with Gasteiger partial charge in [-0.2, -0.15) is 0 Å². The highest BCUT2D eigenvalue weighted by atomic mass is 16.7. The summed E-state index contributed by atoms with van der Waals surface area (Å²) in [6.45, 7) is 0.803. The van der Waals surface area contributed by atoms with E-state index in [2.05, 4.69) is 42.5 Å². The van der Waals surface area contributed by atoms with E-state index in [4.69, 9.17) is 28.4 Å². The lowest BCUT2D eigenvalue weighted by atomic mass is 9.85. The van der Waals surface area contributed by atoms with E-state index >= 15 is 0 Å². The number of rotatable bonds is 0. The lowest BCUT2D eigenvalue weighted by molar-refractivity contribution is 0.0736. The molecule has 30 heavy (non-hydrogen) atoms. The molecule has 1 atom stereocenters. The Kier molecular flexibility index (Phi) is 3.25. The molecule has 6 heteroatoms. The normalized spacial score (nSPS) is 28.3. The maximum Gasteiger partial charge on any atom is 0.231 e. The van der Waals surface area contributed by atoms with Crippen molar-refractivity contribution in [3.63, 3.8) is 0 Å². The Bertz CT molecular complexity index is 1180. The van der Waals surface area contributed by atoms with Crippen LogP contribution in [-0.4, -0.2) is 20.4 Å². The molecule has 0 bridgehead atoms. The molecule has 0 unspecified atom stereocenters. The van der Waals surface area contributed by atoms with Crippen molar-refractivity contribution in [1.29, 1.82) is 0 Å². The monoisotopic (exact) mass is 402 g/mol. The van der Waals surface area contributed by atoms with Crippen molar-refractivity contribution in [3.8, 4) is 11.5 Å². The largest absolute Gasteiger partial charge is 0.458 e. The molecule has 0 saturated carbocycles. The molecule has 3 heterocycles. The van der Waals surface area contributed by atoms with Crippen LogP contribution >= 0.6 is 0 Å². The minimum atomic E-state index is 0.161. The van der Waals surface area contributed by atoms with Crippen molar-refractivity contribution in [2.45, 2.75) is 12.8 Å². The fraction of sp³-hybridized carbons (Fsp3) is 0.250. The van der Waals surface area contributed by atoms with Crippen LogP contribution in [0.15, 0.2) is 76.2 Å². The Balaban J connectivity index is 1.44. The van der Waals surface area contributed by atoms with E-state index in [0.717, 1.165) is 52.1 Å². The third-order valence-corrected chi connectivity index (χ3v) is 6.21. The highest BCUT2D eigenvalue weighted by molar-refractivity contribution is 5.70. The number of allylic oxidation sites excluding steroid dienone is 7. The Labute approximate surface area is 173 Å². The molecule has 3 aliphatic carbocycles. The summed E-state index contributed by atoms with van der Waals surface area (Å²) in [6.07, 6.45) is 12.3. The smallest absolute Gasteiger partial charge is 0.231 e. The van der Waals surface area contributed by atoms with E-state index < -0.39 is 0 Å². The Morgan fingerprint density at radius 3 is 2.53 bits per heavy atom. The molecule has 0 radical (unpaired) electrons. The Morgan fingerprint density at radius 1 is 0.733 bits per heavy atom. The zero-order chi connectivity index (χ0) is 19.7. The topological polar surface area (TPSA) is 55.4 Å². The summed E-state index contributed by atoms with van der Waals surface area (Å²) in [4.78, 5) is 0. The molecule has 1 saturated heterocycles. The van der Waals surface area contributed by atoms with Crippen LogP contribution < -0.4 is 9.47 Å². The molecule has 1 aromatic carbocycles. The average Bonchev–Trinajstić information content (AvgIpc) is 3.48. The van der Waals surface area contributed by atoms with Gasteiger partial charge in [0.1, 0.15) is 5.76 Å². The summed E-state index contributed by atoms with van der Waals surface area (Å²) in [7, 11) is 0. The summed E-state index contributed by atoms with van der Waals surface area (Å²) in [6, 6.07) is 4.18. The van der Waals surface area contributed by atoms with Crippen molar-refractivity contribution < 1.29 is 28.4 Å². The predicted octanol–water partition coefficient (Wildman–Crippen LogP) is 4.23. The third kappa shape index (κ3) is 2.43. The van der Waals surface area contributed by atoms with Crippen LogP contribution in [0.3, 0.4) is 0 Å². The van der Waals surface area contributed by atoms with Crippen molar-refractivity contribution >= 4 is 6.08 Å². The quantitative estimate of drug-likeness (QED) is 0.647. The molecule has 7 rings (SSSR count). The molecule has 6 nitrogen and oxygen atoms in total. The lowest BCUT2D eigenvalue weighted by Gasteiger charge is -2.21. The van der Waals surface area contributed by atoms with Crippen molar-refractivity contribution in [2.75, 3.05) is 20.4 Å². The van der Waals surface area contributed by atoms with Gasteiger partial charge in [-0.15, -0.1) is 0 Å². The van der Waals surface area contributed by atoms with Crippen molar-refractivity contribution in [2.24, 2.45) is 5.92 Å². The fourth-order valence-corrected chi connectivity index (χ4v) is 4.67.